The van der Waals surface area contributed by atoms with E-state index in [1.807, 2.05) is 43.9 Å². The van der Waals surface area contributed by atoms with Gasteiger partial charge in [0, 0.05) is 12.1 Å². The van der Waals surface area contributed by atoms with Crippen molar-refractivity contribution in [1.82, 2.24) is 10.2 Å². The summed E-state index contributed by atoms with van der Waals surface area (Å²) in [6.45, 7) is 5.77. The number of hydrogen-bond acceptors (Lipinski definition) is 4. The number of ether oxygens (including phenoxy) is 1. The number of nitrogens with one attached hydrogen (secondary N) is 1. The van der Waals surface area contributed by atoms with Gasteiger partial charge < -0.3 is 20.7 Å². The molecule has 2 bridgehead atoms. The Hall–Kier alpha value is -2.57. The zero-order valence-corrected chi connectivity index (χ0v) is 16.8. The Bertz CT molecular complexity index is 794. The Labute approximate surface area is 165 Å². The lowest BCUT2D eigenvalue weighted by Gasteiger charge is -2.35. The van der Waals surface area contributed by atoms with Crippen molar-refractivity contribution in [1.29, 1.82) is 0 Å². The Balaban J connectivity index is 1.69. The lowest BCUT2D eigenvalue weighted by molar-refractivity contribution is -0.139. The highest BCUT2D eigenvalue weighted by Crippen LogP contribution is 2.51. The van der Waals surface area contributed by atoms with E-state index in [0.29, 0.717) is 18.6 Å². The molecule has 0 spiro atoms. The number of nitrogens with zero attached hydrogens (tertiary/aromatic N) is 1. The monoisotopic (exact) mass is 387 g/mol. The van der Waals surface area contributed by atoms with Gasteiger partial charge in [-0.3, -0.25) is 14.4 Å². The quantitative estimate of drug-likeness (QED) is 0.739. The summed E-state index contributed by atoms with van der Waals surface area (Å²) in [5.74, 6) is -0.181. The number of nitrogens with two attached hydrogens (primary N) is 1. The van der Waals surface area contributed by atoms with Gasteiger partial charge in [-0.05, 0) is 62.8 Å². The Morgan fingerprint density at radius 1 is 1.25 bits per heavy atom. The van der Waals surface area contributed by atoms with Crippen LogP contribution in [-0.2, 0) is 14.4 Å². The predicted octanol–water partition coefficient (Wildman–Crippen LogP) is 1.44. The third-order valence-electron chi connectivity index (χ3n) is 6.38. The van der Waals surface area contributed by atoms with Crippen LogP contribution < -0.4 is 15.8 Å². The number of carbonyl (C=O) groups is 3. The number of carbonyl (C=O) groups excluding carboxylic acids is 3. The number of fused-ring (bicyclic) bond motifs is 2. The van der Waals surface area contributed by atoms with Gasteiger partial charge in [0.2, 0.25) is 11.8 Å². The van der Waals surface area contributed by atoms with Gasteiger partial charge in [-0.25, -0.2) is 0 Å². The molecule has 1 aromatic carbocycles. The highest BCUT2D eigenvalue weighted by molar-refractivity contribution is 5.90. The van der Waals surface area contributed by atoms with Crippen LogP contribution in [0.3, 0.4) is 0 Å². The smallest absolute Gasteiger partial charge is 0.261 e. The van der Waals surface area contributed by atoms with Gasteiger partial charge in [-0.2, -0.15) is 0 Å². The molecule has 0 unspecified atom stereocenters. The average molecular weight is 387 g/mol. The SMILES string of the molecule is CC[C@]1(C(=O)NCC(N)=O)C[C@H]2CC[C@@H]1N2C(=O)COc1ccc(C)c(C)c1. The van der Waals surface area contributed by atoms with E-state index in [1.165, 1.54) is 5.56 Å². The van der Waals surface area contributed by atoms with Crippen LogP contribution >= 0.6 is 0 Å². The summed E-state index contributed by atoms with van der Waals surface area (Å²) in [5, 5.41) is 2.65. The summed E-state index contributed by atoms with van der Waals surface area (Å²) >= 11 is 0. The van der Waals surface area contributed by atoms with Gasteiger partial charge in [0.1, 0.15) is 5.75 Å². The van der Waals surface area contributed by atoms with Gasteiger partial charge >= 0.3 is 0 Å². The molecule has 2 fully saturated rings. The summed E-state index contributed by atoms with van der Waals surface area (Å²) in [7, 11) is 0. The molecule has 28 heavy (non-hydrogen) atoms. The molecular weight excluding hydrogens is 358 g/mol. The highest BCUT2D eigenvalue weighted by atomic mass is 16.5. The van der Waals surface area contributed by atoms with Gasteiger partial charge in [0.25, 0.3) is 5.91 Å². The van der Waals surface area contributed by atoms with Crippen molar-refractivity contribution in [2.24, 2.45) is 11.1 Å². The summed E-state index contributed by atoms with van der Waals surface area (Å²) in [5.41, 5.74) is 6.78. The van der Waals surface area contributed by atoms with Crippen LogP contribution in [-0.4, -0.2) is 47.9 Å². The van der Waals surface area contributed by atoms with Gasteiger partial charge in [0.05, 0.1) is 12.0 Å². The second kappa shape index (κ2) is 7.81. The average Bonchev–Trinajstić information content (AvgIpc) is 3.23. The molecule has 0 radical (unpaired) electrons. The summed E-state index contributed by atoms with van der Waals surface area (Å²) < 4.78 is 5.73. The van der Waals surface area contributed by atoms with Crippen molar-refractivity contribution >= 4 is 17.7 Å². The molecule has 7 heteroatoms. The largest absolute Gasteiger partial charge is 0.484 e. The van der Waals surface area contributed by atoms with Crippen LogP contribution in [0, 0.1) is 19.3 Å². The third-order valence-corrected chi connectivity index (χ3v) is 6.38. The van der Waals surface area contributed by atoms with E-state index in [0.717, 1.165) is 18.4 Å². The normalized spacial score (nSPS) is 25.6. The maximum absolute atomic E-state index is 12.9. The standard InChI is InChI=1S/C21H29N3O4/c1-4-21(20(27)23-11-18(22)25)10-15-6-8-17(21)24(15)19(26)12-28-16-7-5-13(2)14(3)9-16/h5,7,9,15,17H,4,6,8,10-12H2,1-3H3,(H2,22,25)(H,23,27)/t15-,17+,21+/m1/s1. The molecule has 0 aliphatic carbocycles. The molecule has 7 nitrogen and oxygen atoms in total. The van der Waals surface area contributed by atoms with Gasteiger partial charge in [0.15, 0.2) is 6.61 Å². The number of aryl methyl sites for hydroxylation is 2. The van der Waals surface area contributed by atoms with E-state index in [9.17, 15) is 14.4 Å². The van der Waals surface area contributed by atoms with Crippen molar-refractivity contribution in [3.05, 3.63) is 29.3 Å². The first-order chi connectivity index (χ1) is 13.3. The van der Waals surface area contributed by atoms with Crippen LogP contribution in [0.1, 0.15) is 43.7 Å². The zero-order chi connectivity index (χ0) is 20.5. The van der Waals surface area contributed by atoms with Gasteiger partial charge in [-0.1, -0.05) is 13.0 Å². The number of amides is 3. The second-order valence-corrected chi connectivity index (χ2v) is 7.95. The fourth-order valence-electron chi connectivity index (χ4n) is 4.71. The van der Waals surface area contributed by atoms with Crippen LogP contribution in [0.25, 0.3) is 0 Å². The van der Waals surface area contributed by atoms with Crippen LogP contribution in [0.4, 0.5) is 0 Å². The lowest BCUT2D eigenvalue weighted by Crippen LogP contribution is -2.51. The number of primary amides is 1. The molecule has 0 aromatic heterocycles. The minimum Gasteiger partial charge on any atom is -0.484 e. The molecule has 3 amide bonds. The van der Waals surface area contributed by atoms with Crippen LogP contribution in [0.15, 0.2) is 18.2 Å². The molecule has 1 aromatic rings. The molecule has 2 aliphatic heterocycles. The van der Waals surface area contributed by atoms with Crippen molar-refractivity contribution < 1.29 is 19.1 Å². The van der Waals surface area contributed by atoms with E-state index >= 15 is 0 Å². The summed E-state index contributed by atoms with van der Waals surface area (Å²) in [4.78, 5) is 38.6. The van der Waals surface area contributed by atoms with Crippen molar-refractivity contribution in [2.45, 2.75) is 58.5 Å². The minimum atomic E-state index is -0.658. The zero-order valence-electron chi connectivity index (χ0n) is 16.8. The van der Waals surface area contributed by atoms with E-state index in [1.54, 1.807) is 0 Å². The first-order valence-corrected chi connectivity index (χ1v) is 9.86. The summed E-state index contributed by atoms with van der Waals surface area (Å²) in [6, 6.07) is 5.64. The molecule has 3 atom stereocenters. The predicted molar refractivity (Wildman–Crippen MR) is 105 cm³/mol. The lowest BCUT2D eigenvalue weighted by atomic mass is 9.71. The first-order valence-electron chi connectivity index (χ1n) is 9.86. The molecule has 152 valence electrons. The molecular formula is C21H29N3O4. The molecule has 0 saturated carbocycles. The molecule has 2 saturated heterocycles. The van der Waals surface area contributed by atoms with Gasteiger partial charge in [-0.15, -0.1) is 0 Å². The maximum atomic E-state index is 12.9. The van der Waals surface area contributed by atoms with E-state index in [-0.39, 0.29) is 37.0 Å². The van der Waals surface area contributed by atoms with E-state index in [2.05, 4.69) is 5.32 Å². The highest BCUT2D eigenvalue weighted by Gasteiger charge is 2.60. The maximum Gasteiger partial charge on any atom is 0.261 e. The van der Waals surface area contributed by atoms with Crippen molar-refractivity contribution in [2.75, 3.05) is 13.2 Å². The van der Waals surface area contributed by atoms with E-state index < -0.39 is 11.3 Å². The summed E-state index contributed by atoms with van der Waals surface area (Å²) in [6.07, 6.45) is 2.91. The molecule has 2 aliphatic rings. The number of hydrogen-bond donors (Lipinski definition) is 2. The van der Waals surface area contributed by atoms with Crippen LogP contribution in [0.5, 0.6) is 5.75 Å². The Morgan fingerprint density at radius 2 is 2.00 bits per heavy atom. The Morgan fingerprint density at radius 3 is 2.64 bits per heavy atom. The van der Waals surface area contributed by atoms with Crippen molar-refractivity contribution in [3.63, 3.8) is 0 Å². The number of rotatable bonds is 7. The second-order valence-electron chi connectivity index (χ2n) is 7.95. The minimum absolute atomic E-state index is 0.0418. The van der Waals surface area contributed by atoms with Crippen LogP contribution in [0.2, 0.25) is 0 Å². The van der Waals surface area contributed by atoms with E-state index in [4.69, 9.17) is 10.5 Å². The molecule has 3 N–H and O–H groups in total. The first kappa shape index (κ1) is 20.2. The topological polar surface area (TPSA) is 102 Å². The molecule has 3 rings (SSSR count). The molecule has 2 heterocycles. The fraction of sp³-hybridized carbons (Fsp3) is 0.571. The van der Waals surface area contributed by atoms with Crippen molar-refractivity contribution in [3.8, 4) is 5.75 Å². The fourth-order valence-corrected chi connectivity index (χ4v) is 4.71. The third kappa shape index (κ3) is 3.57. The number of benzene rings is 1. The Kier molecular flexibility index (Phi) is 5.63.